The molecule has 270 valence electrons. The van der Waals surface area contributed by atoms with Crippen LogP contribution in [0, 0.1) is 0 Å². The van der Waals surface area contributed by atoms with E-state index in [1.807, 2.05) is 29.5 Å². The summed E-state index contributed by atoms with van der Waals surface area (Å²) in [6.45, 7) is 0. The van der Waals surface area contributed by atoms with E-state index >= 15 is 0 Å². The van der Waals surface area contributed by atoms with Gasteiger partial charge in [-0.2, -0.15) is 0 Å². The van der Waals surface area contributed by atoms with Gasteiger partial charge in [0, 0.05) is 78.8 Å². The van der Waals surface area contributed by atoms with Crippen LogP contribution in [0.15, 0.2) is 182 Å². The van der Waals surface area contributed by atoms with Crippen LogP contribution in [-0.4, -0.2) is 19.9 Å². The first kappa shape index (κ1) is 33.1. The van der Waals surface area contributed by atoms with Gasteiger partial charge in [0.15, 0.2) is 17.5 Å². The van der Waals surface area contributed by atoms with Crippen molar-refractivity contribution in [2.45, 2.75) is 0 Å². The predicted octanol–water partition coefficient (Wildman–Crippen LogP) is 14.6. The molecular formula is C52H30N4S2. The summed E-state index contributed by atoms with van der Waals surface area (Å²) < 4.78 is 5.00. The second-order valence-electron chi connectivity index (χ2n) is 14.6. The molecule has 4 heterocycles. The maximum absolute atomic E-state index is 5.21. The highest BCUT2D eigenvalue weighted by Gasteiger charge is 2.19. The van der Waals surface area contributed by atoms with Gasteiger partial charge in [-0.25, -0.2) is 19.9 Å². The third-order valence-corrected chi connectivity index (χ3v) is 13.4. The molecule has 6 heteroatoms. The molecule has 0 saturated carbocycles. The van der Waals surface area contributed by atoms with Crippen LogP contribution in [0.4, 0.5) is 0 Å². The molecule has 0 unspecified atom stereocenters. The number of rotatable bonds is 5. The average Bonchev–Trinajstić information content (AvgIpc) is 3.87. The van der Waals surface area contributed by atoms with Crippen molar-refractivity contribution < 1.29 is 0 Å². The summed E-state index contributed by atoms with van der Waals surface area (Å²) in [6, 6.07) is 64.3. The van der Waals surface area contributed by atoms with Crippen molar-refractivity contribution in [2.75, 3.05) is 0 Å². The maximum Gasteiger partial charge on any atom is 0.164 e. The topological polar surface area (TPSA) is 51.6 Å². The van der Waals surface area contributed by atoms with E-state index in [1.165, 1.54) is 56.7 Å². The summed E-state index contributed by atoms with van der Waals surface area (Å²) in [6.07, 6.45) is 0. The van der Waals surface area contributed by atoms with Crippen LogP contribution < -0.4 is 0 Å². The Morgan fingerprint density at radius 2 is 0.914 bits per heavy atom. The van der Waals surface area contributed by atoms with Crippen molar-refractivity contribution in [3.05, 3.63) is 182 Å². The van der Waals surface area contributed by atoms with Gasteiger partial charge in [0.05, 0.1) is 11.2 Å². The van der Waals surface area contributed by atoms with Gasteiger partial charge in [-0.1, -0.05) is 152 Å². The highest BCUT2D eigenvalue weighted by atomic mass is 32.1. The monoisotopic (exact) mass is 774 g/mol. The molecule has 58 heavy (non-hydrogen) atoms. The van der Waals surface area contributed by atoms with E-state index in [0.29, 0.717) is 17.5 Å². The molecule has 4 nitrogen and oxygen atoms in total. The Hall–Kier alpha value is -7.12. The van der Waals surface area contributed by atoms with Crippen LogP contribution in [0.3, 0.4) is 0 Å². The SMILES string of the molecule is c1ccc(-c2nc(-c3cccc(-c4cccc5c4sc4ccc6c(-c7ccccc7)nc7ccccc7c6c45)c3)nc(-c3ccc4c(c3)sc3ccccc34)n2)cc1. The Morgan fingerprint density at radius 1 is 0.310 bits per heavy atom. The van der Waals surface area contributed by atoms with E-state index in [0.717, 1.165) is 44.4 Å². The molecule has 12 rings (SSSR count). The number of fused-ring (bicyclic) bond motifs is 10. The first-order valence-corrected chi connectivity index (χ1v) is 20.9. The van der Waals surface area contributed by atoms with Gasteiger partial charge in [0.1, 0.15) is 0 Å². The minimum atomic E-state index is 0.643. The lowest BCUT2D eigenvalue weighted by atomic mass is 9.95. The minimum absolute atomic E-state index is 0.643. The largest absolute Gasteiger partial charge is 0.247 e. The van der Waals surface area contributed by atoms with Crippen LogP contribution in [-0.2, 0) is 0 Å². The van der Waals surface area contributed by atoms with E-state index in [4.69, 9.17) is 19.9 Å². The molecule has 0 aliphatic heterocycles. The fourth-order valence-electron chi connectivity index (χ4n) is 8.41. The Morgan fingerprint density at radius 3 is 1.74 bits per heavy atom. The molecule has 0 aliphatic carbocycles. The number of nitrogens with zero attached hydrogens (tertiary/aromatic N) is 4. The summed E-state index contributed by atoms with van der Waals surface area (Å²) in [4.78, 5) is 20.5. The summed E-state index contributed by atoms with van der Waals surface area (Å²) in [5.74, 6) is 1.95. The van der Waals surface area contributed by atoms with Gasteiger partial charge in [-0.15, -0.1) is 22.7 Å². The van der Waals surface area contributed by atoms with E-state index in [2.05, 4.69) is 164 Å². The van der Waals surface area contributed by atoms with Crippen molar-refractivity contribution in [2.24, 2.45) is 0 Å². The predicted molar refractivity (Wildman–Crippen MR) is 246 cm³/mol. The van der Waals surface area contributed by atoms with E-state index in [1.54, 1.807) is 11.3 Å². The molecule has 0 bridgehead atoms. The van der Waals surface area contributed by atoms with Crippen LogP contribution in [0.1, 0.15) is 0 Å². The molecule has 0 amide bonds. The molecule has 12 aromatic rings. The van der Waals surface area contributed by atoms with Crippen LogP contribution in [0.5, 0.6) is 0 Å². The second-order valence-corrected chi connectivity index (χ2v) is 16.7. The number of pyridine rings is 1. The minimum Gasteiger partial charge on any atom is -0.247 e. The second kappa shape index (κ2) is 13.2. The highest BCUT2D eigenvalue weighted by Crippen LogP contribution is 2.46. The lowest BCUT2D eigenvalue weighted by Gasteiger charge is -2.12. The van der Waals surface area contributed by atoms with Gasteiger partial charge in [0.2, 0.25) is 0 Å². The van der Waals surface area contributed by atoms with Crippen molar-refractivity contribution in [3.8, 4) is 56.5 Å². The molecule has 8 aromatic carbocycles. The Labute approximate surface area is 341 Å². The van der Waals surface area contributed by atoms with Gasteiger partial charge in [-0.3, -0.25) is 0 Å². The quantitative estimate of drug-likeness (QED) is 0.163. The first-order chi connectivity index (χ1) is 28.7. The fourth-order valence-corrected chi connectivity index (χ4v) is 10.8. The molecule has 0 N–H and O–H groups in total. The highest BCUT2D eigenvalue weighted by molar-refractivity contribution is 7.26. The average molecular weight is 775 g/mol. The molecule has 0 fully saturated rings. The fraction of sp³-hybridized carbons (Fsp3) is 0. The summed E-state index contributed by atoms with van der Waals surface area (Å²) >= 11 is 3.65. The van der Waals surface area contributed by atoms with Crippen molar-refractivity contribution in [1.82, 2.24) is 19.9 Å². The maximum atomic E-state index is 5.21. The van der Waals surface area contributed by atoms with Gasteiger partial charge < -0.3 is 0 Å². The number of hydrogen-bond acceptors (Lipinski definition) is 6. The van der Waals surface area contributed by atoms with Crippen LogP contribution in [0.2, 0.25) is 0 Å². The van der Waals surface area contributed by atoms with E-state index in [-0.39, 0.29) is 0 Å². The number of thiophene rings is 2. The number of aromatic nitrogens is 4. The van der Waals surface area contributed by atoms with Crippen LogP contribution >= 0.6 is 22.7 Å². The molecule has 0 spiro atoms. The summed E-state index contributed by atoms with van der Waals surface area (Å²) in [7, 11) is 0. The molecule has 4 aromatic heterocycles. The number of hydrogen-bond donors (Lipinski definition) is 0. The zero-order chi connectivity index (χ0) is 38.2. The Kier molecular flexibility index (Phi) is 7.55. The van der Waals surface area contributed by atoms with Crippen molar-refractivity contribution >= 4 is 84.7 Å². The summed E-state index contributed by atoms with van der Waals surface area (Å²) in [5, 5.41) is 8.62. The normalized spacial score (nSPS) is 11.8. The molecule has 0 radical (unpaired) electrons. The zero-order valence-electron chi connectivity index (χ0n) is 30.9. The lowest BCUT2D eigenvalue weighted by Crippen LogP contribution is -2.00. The number of para-hydroxylation sites is 1. The van der Waals surface area contributed by atoms with Gasteiger partial charge in [0.25, 0.3) is 0 Å². The smallest absolute Gasteiger partial charge is 0.164 e. The number of benzene rings is 8. The van der Waals surface area contributed by atoms with E-state index < -0.39 is 0 Å². The molecule has 0 atom stereocenters. The summed E-state index contributed by atoms with van der Waals surface area (Å²) in [5.41, 5.74) is 8.29. The zero-order valence-corrected chi connectivity index (χ0v) is 32.6. The van der Waals surface area contributed by atoms with Crippen LogP contribution in [0.25, 0.3) is 119 Å². The third kappa shape index (κ3) is 5.34. The van der Waals surface area contributed by atoms with Crippen molar-refractivity contribution in [1.29, 1.82) is 0 Å². The molecule has 0 saturated heterocycles. The third-order valence-electron chi connectivity index (χ3n) is 11.1. The lowest BCUT2D eigenvalue weighted by molar-refractivity contribution is 1.07. The first-order valence-electron chi connectivity index (χ1n) is 19.3. The molecule has 0 aliphatic rings. The Bertz CT molecular complexity index is 3570. The van der Waals surface area contributed by atoms with Gasteiger partial charge >= 0.3 is 0 Å². The van der Waals surface area contributed by atoms with Gasteiger partial charge in [-0.05, 0) is 41.5 Å². The molecular weight excluding hydrogens is 745 g/mol. The van der Waals surface area contributed by atoms with Crippen molar-refractivity contribution in [3.63, 3.8) is 0 Å². The Balaban J connectivity index is 1.03. The standard InChI is InChI=1S/C52H30N4S2/c1-3-13-31(14-4-1)48-40-27-28-44-47(46(40)39-20-7-9-23-42(39)53-48)41-22-12-21-36(49(41)58-44)33-17-11-18-34(29-33)51-54-50(32-15-5-2-6-16-32)55-52(56-51)35-25-26-38-37-19-8-10-24-43(37)57-45(38)30-35/h1-30H. The van der Waals surface area contributed by atoms with E-state index in [9.17, 15) is 0 Å².